The van der Waals surface area contributed by atoms with E-state index in [0.717, 1.165) is 6.54 Å². The molecule has 0 atom stereocenters. The number of nitrogens with one attached hydrogen (secondary N) is 1. The van der Waals surface area contributed by atoms with Crippen LogP contribution in [0.4, 0.5) is 0 Å². The first-order chi connectivity index (χ1) is 5.79. The van der Waals surface area contributed by atoms with Gasteiger partial charge < -0.3 is 5.32 Å². The average Bonchev–Trinajstić information content (AvgIpc) is 2.49. The van der Waals surface area contributed by atoms with Gasteiger partial charge >= 0.3 is 0 Å². The summed E-state index contributed by atoms with van der Waals surface area (Å²) in [6, 6.07) is 4.31. The van der Waals surface area contributed by atoms with Crippen LogP contribution in [0.5, 0.6) is 0 Å². The summed E-state index contributed by atoms with van der Waals surface area (Å²) in [6.45, 7) is 3.37. The van der Waals surface area contributed by atoms with Crippen LogP contribution in [0.15, 0.2) is 17.5 Å². The smallest absolute Gasteiger partial charge is 0.0304 e. The molecule has 0 aliphatic heterocycles. The Morgan fingerprint density at radius 2 is 2.42 bits per heavy atom. The molecule has 0 radical (unpaired) electrons. The Labute approximate surface area is 77.8 Å². The quantitative estimate of drug-likeness (QED) is 0.756. The van der Waals surface area contributed by atoms with E-state index in [1.54, 1.807) is 0 Å². The Bertz CT molecular complexity index is 236. The van der Waals surface area contributed by atoms with Crippen LogP contribution in [0.3, 0.4) is 0 Å². The Morgan fingerprint density at radius 1 is 1.58 bits per heavy atom. The molecule has 1 aliphatic carbocycles. The van der Waals surface area contributed by atoms with E-state index < -0.39 is 0 Å². The van der Waals surface area contributed by atoms with E-state index in [1.807, 2.05) is 11.3 Å². The van der Waals surface area contributed by atoms with Crippen LogP contribution in [0.2, 0.25) is 0 Å². The Balaban J connectivity index is 1.82. The molecule has 1 nitrogen and oxygen atoms in total. The fraction of sp³-hybridized carbons (Fsp3) is 0.600. The van der Waals surface area contributed by atoms with E-state index in [1.165, 1.54) is 24.1 Å². The molecule has 0 saturated heterocycles. The van der Waals surface area contributed by atoms with Crippen molar-refractivity contribution in [1.82, 2.24) is 5.32 Å². The van der Waals surface area contributed by atoms with Gasteiger partial charge in [-0.1, -0.05) is 6.07 Å². The minimum atomic E-state index is 0.448. The predicted molar refractivity (Wildman–Crippen MR) is 53.4 cm³/mol. The van der Waals surface area contributed by atoms with Crippen molar-refractivity contribution in [3.05, 3.63) is 22.4 Å². The molecule has 0 amide bonds. The third-order valence-electron chi connectivity index (χ3n) is 2.73. The highest BCUT2D eigenvalue weighted by atomic mass is 32.1. The first kappa shape index (κ1) is 8.27. The Morgan fingerprint density at radius 3 is 2.92 bits per heavy atom. The van der Waals surface area contributed by atoms with E-state index in [4.69, 9.17) is 0 Å². The lowest BCUT2D eigenvalue weighted by molar-refractivity contribution is 0.207. The van der Waals surface area contributed by atoms with E-state index in [9.17, 15) is 0 Å². The molecule has 0 spiro atoms. The summed E-state index contributed by atoms with van der Waals surface area (Å²) in [5.74, 6) is 0. The van der Waals surface area contributed by atoms with Crippen molar-refractivity contribution in [2.45, 2.75) is 38.3 Å². The Kier molecular flexibility index (Phi) is 2.20. The highest BCUT2D eigenvalue weighted by molar-refractivity contribution is 7.09. The van der Waals surface area contributed by atoms with Crippen molar-refractivity contribution in [2.75, 3.05) is 0 Å². The van der Waals surface area contributed by atoms with Gasteiger partial charge in [0.2, 0.25) is 0 Å². The number of hydrogen-bond donors (Lipinski definition) is 1. The lowest BCUT2D eigenvalue weighted by Crippen LogP contribution is -2.47. The van der Waals surface area contributed by atoms with E-state index in [0.29, 0.717) is 5.54 Å². The molecule has 12 heavy (non-hydrogen) atoms. The second-order valence-electron chi connectivity index (χ2n) is 3.85. The molecule has 0 unspecified atom stereocenters. The van der Waals surface area contributed by atoms with Crippen LogP contribution in [-0.4, -0.2) is 5.54 Å². The predicted octanol–water partition coefficient (Wildman–Crippen LogP) is 2.78. The van der Waals surface area contributed by atoms with Gasteiger partial charge in [0.05, 0.1) is 0 Å². The van der Waals surface area contributed by atoms with Gasteiger partial charge in [-0.05, 0) is 37.6 Å². The number of rotatable bonds is 3. The molecule has 1 aromatic heterocycles. The summed E-state index contributed by atoms with van der Waals surface area (Å²) < 4.78 is 0. The van der Waals surface area contributed by atoms with Crippen molar-refractivity contribution < 1.29 is 0 Å². The molecule has 2 heteroatoms. The molecule has 1 fully saturated rings. The highest BCUT2D eigenvalue weighted by Gasteiger charge is 2.30. The van der Waals surface area contributed by atoms with Crippen molar-refractivity contribution >= 4 is 11.3 Å². The Hall–Kier alpha value is -0.340. The van der Waals surface area contributed by atoms with Gasteiger partial charge in [0.25, 0.3) is 0 Å². The maximum Gasteiger partial charge on any atom is 0.0304 e. The van der Waals surface area contributed by atoms with Crippen LogP contribution >= 0.6 is 11.3 Å². The zero-order valence-corrected chi connectivity index (χ0v) is 8.29. The van der Waals surface area contributed by atoms with Crippen molar-refractivity contribution in [1.29, 1.82) is 0 Å². The SMILES string of the molecule is CC1(NCc2cccs2)CCC1. The van der Waals surface area contributed by atoms with Crippen LogP contribution < -0.4 is 5.32 Å². The molecule has 0 aromatic carbocycles. The van der Waals surface area contributed by atoms with Gasteiger partial charge in [-0.15, -0.1) is 11.3 Å². The van der Waals surface area contributed by atoms with Crippen molar-refractivity contribution in [2.24, 2.45) is 0 Å². The van der Waals surface area contributed by atoms with Crippen molar-refractivity contribution in [3.63, 3.8) is 0 Å². The topological polar surface area (TPSA) is 12.0 Å². The first-order valence-corrected chi connectivity index (χ1v) is 5.44. The fourth-order valence-corrected chi connectivity index (χ4v) is 2.24. The lowest BCUT2D eigenvalue weighted by Gasteiger charge is -2.39. The van der Waals surface area contributed by atoms with Crippen LogP contribution in [0.1, 0.15) is 31.1 Å². The first-order valence-electron chi connectivity index (χ1n) is 4.56. The van der Waals surface area contributed by atoms with Crippen LogP contribution in [0, 0.1) is 0 Å². The molecule has 1 N–H and O–H groups in total. The van der Waals surface area contributed by atoms with E-state index >= 15 is 0 Å². The standard InChI is InChI=1S/C10H15NS/c1-10(5-3-6-10)11-8-9-4-2-7-12-9/h2,4,7,11H,3,5-6,8H2,1H3. The summed E-state index contributed by atoms with van der Waals surface area (Å²) >= 11 is 1.84. The second kappa shape index (κ2) is 3.19. The van der Waals surface area contributed by atoms with Gasteiger partial charge in [0.1, 0.15) is 0 Å². The van der Waals surface area contributed by atoms with Gasteiger partial charge in [-0.25, -0.2) is 0 Å². The van der Waals surface area contributed by atoms with E-state index in [2.05, 4.69) is 29.8 Å². The lowest BCUT2D eigenvalue weighted by atomic mass is 9.78. The van der Waals surface area contributed by atoms with Gasteiger partial charge in [-0.3, -0.25) is 0 Å². The molecular formula is C10H15NS. The molecule has 66 valence electrons. The maximum absolute atomic E-state index is 3.61. The minimum absolute atomic E-state index is 0.448. The van der Waals surface area contributed by atoms with Crippen LogP contribution in [-0.2, 0) is 6.54 Å². The monoisotopic (exact) mass is 181 g/mol. The average molecular weight is 181 g/mol. The molecule has 0 bridgehead atoms. The van der Waals surface area contributed by atoms with Crippen LogP contribution in [0.25, 0.3) is 0 Å². The summed E-state index contributed by atoms with van der Waals surface area (Å²) in [7, 11) is 0. The third-order valence-corrected chi connectivity index (χ3v) is 3.60. The summed E-state index contributed by atoms with van der Waals surface area (Å²) in [6.07, 6.45) is 4.09. The maximum atomic E-state index is 3.61. The van der Waals surface area contributed by atoms with E-state index in [-0.39, 0.29) is 0 Å². The van der Waals surface area contributed by atoms with Crippen molar-refractivity contribution in [3.8, 4) is 0 Å². The summed E-state index contributed by atoms with van der Waals surface area (Å²) in [5, 5.41) is 5.75. The third kappa shape index (κ3) is 1.70. The highest BCUT2D eigenvalue weighted by Crippen LogP contribution is 2.31. The largest absolute Gasteiger partial charge is 0.307 e. The molecule has 1 heterocycles. The molecule has 1 aliphatic rings. The summed E-state index contributed by atoms with van der Waals surface area (Å²) in [5.41, 5.74) is 0.448. The molecule has 2 rings (SSSR count). The molecule has 1 aromatic rings. The normalized spacial score (nSPS) is 20.4. The molecular weight excluding hydrogens is 166 g/mol. The van der Waals surface area contributed by atoms with Gasteiger partial charge in [-0.2, -0.15) is 0 Å². The zero-order valence-electron chi connectivity index (χ0n) is 7.47. The summed E-state index contributed by atoms with van der Waals surface area (Å²) in [4.78, 5) is 1.45. The molecule has 1 saturated carbocycles. The van der Waals surface area contributed by atoms with Gasteiger partial charge in [0.15, 0.2) is 0 Å². The minimum Gasteiger partial charge on any atom is -0.307 e. The zero-order chi connectivity index (χ0) is 8.44. The second-order valence-corrected chi connectivity index (χ2v) is 4.88. The van der Waals surface area contributed by atoms with Gasteiger partial charge in [0, 0.05) is 17.0 Å². The number of hydrogen-bond acceptors (Lipinski definition) is 2. The number of thiophene rings is 1. The fourth-order valence-electron chi connectivity index (χ4n) is 1.60.